The number of carbonyl (C=O) groups excluding carboxylic acids is 2. The van der Waals surface area contributed by atoms with E-state index in [9.17, 15) is 14.0 Å². The quantitative estimate of drug-likeness (QED) is 0.169. The molecule has 0 saturated heterocycles. The number of halogens is 2. The Morgan fingerprint density at radius 1 is 1.06 bits per heavy atom. The number of hydrogen-bond donors (Lipinski definition) is 1. The van der Waals surface area contributed by atoms with Gasteiger partial charge in [0, 0.05) is 27.2 Å². The number of para-hydroxylation sites is 1. The summed E-state index contributed by atoms with van der Waals surface area (Å²) < 4.78 is 19.1. The molecule has 0 unspecified atom stereocenters. The molecular formula is C23H28FIN4O3. The van der Waals surface area contributed by atoms with Crippen molar-refractivity contribution in [2.75, 3.05) is 40.3 Å². The van der Waals surface area contributed by atoms with Gasteiger partial charge in [0.05, 0.1) is 17.7 Å². The molecule has 9 heteroatoms. The van der Waals surface area contributed by atoms with E-state index in [1.165, 1.54) is 11.0 Å². The summed E-state index contributed by atoms with van der Waals surface area (Å²) >= 11 is 0. The number of fused-ring (bicyclic) bond motifs is 1. The molecule has 32 heavy (non-hydrogen) atoms. The molecule has 1 aliphatic heterocycles. The Bertz CT molecular complexity index is 935. The predicted molar refractivity (Wildman–Crippen MR) is 132 cm³/mol. The number of benzene rings is 2. The zero-order chi connectivity index (χ0) is 22.2. The van der Waals surface area contributed by atoms with Crippen LogP contribution in [0.1, 0.15) is 33.6 Å². The van der Waals surface area contributed by atoms with Gasteiger partial charge in [-0.1, -0.05) is 24.3 Å². The lowest BCUT2D eigenvalue weighted by Crippen LogP contribution is -2.41. The first-order valence-corrected chi connectivity index (χ1v) is 10.3. The Hall–Kier alpha value is -2.69. The first kappa shape index (κ1) is 25.6. The number of nitrogens with zero attached hydrogens (tertiary/aromatic N) is 3. The third kappa shape index (κ3) is 6.18. The van der Waals surface area contributed by atoms with Crippen molar-refractivity contribution < 1.29 is 18.7 Å². The van der Waals surface area contributed by atoms with E-state index in [1.54, 1.807) is 49.5 Å². The second-order valence-corrected chi connectivity index (χ2v) is 7.19. The van der Waals surface area contributed by atoms with Crippen LogP contribution in [0, 0.1) is 5.82 Å². The third-order valence-electron chi connectivity index (χ3n) is 5.06. The molecule has 3 rings (SSSR count). The molecule has 0 fully saturated rings. The van der Waals surface area contributed by atoms with E-state index in [2.05, 4.69) is 10.3 Å². The molecule has 0 atom stereocenters. The molecule has 0 spiro atoms. The van der Waals surface area contributed by atoms with Crippen LogP contribution in [-0.4, -0.2) is 67.9 Å². The smallest absolute Gasteiger partial charge is 0.261 e. The number of nitrogens with one attached hydrogen (secondary N) is 1. The molecular weight excluding hydrogens is 526 g/mol. The van der Waals surface area contributed by atoms with Crippen LogP contribution < -0.4 is 10.1 Å². The number of rotatable bonds is 9. The fraction of sp³-hybridized carbons (Fsp3) is 0.348. The van der Waals surface area contributed by atoms with Gasteiger partial charge in [-0.25, -0.2) is 4.39 Å². The molecule has 0 aromatic heterocycles. The number of unbranched alkanes of at least 4 members (excludes halogenated alkanes) is 1. The lowest BCUT2D eigenvalue weighted by atomic mass is 10.1. The third-order valence-corrected chi connectivity index (χ3v) is 5.06. The molecule has 172 valence electrons. The molecule has 2 aromatic rings. The summed E-state index contributed by atoms with van der Waals surface area (Å²) in [6.45, 7) is 1.88. The zero-order valence-corrected chi connectivity index (χ0v) is 20.5. The summed E-state index contributed by atoms with van der Waals surface area (Å²) in [5, 5.41) is 3.25. The Balaban J connectivity index is 0.00000363. The Labute approximate surface area is 204 Å². The van der Waals surface area contributed by atoms with Crippen LogP contribution in [-0.2, 0) is 0 Å². The summed E-state index contributed by atoms with van der Waals surface area (Å²) in [6, 6.07) is 13.2. The SMILES string of the molecule is CN=C(NCCCCN1C(=O)c2ccccc2C1=O)N(C)CCOc1ccccc1F.I. The van der Waals surface area contributed by atoms with Crippen LogP contribution in [0.5, 0.6) is 5.75 Å². The van der Waals surface area contributed by atoms with Crippen molar-refractivity contribution in [3.05, 3.63) is 65.5 Å². The summed E-state index contributed by atoms with van der Waals surface area (Å²) in [4.78, 5) is 32.2. The van der Waals surface area contributed by atoms with Crippen molar-refractivity contribution >= 4 is 41.8 Å². The molecule has 1 N–H and O–H groups in total. The minimum Gasteiger partial charge on any atom is -0.489 e. The first-order valence-electron chi connectivity index (χ1n) is 10.3. The Morgan fingerprint density at radius 2 is 1.69 bits per heavy atom. The van der Waals surface area contributed by atoms with E-state index in [0.29, 0.717) is 49.7 Å². The highest BCUT2D eigenvalue weighted by molar-refractivity contribution is 14.0. The molecule has 0 aliphatic carbocycles. The highest BCUT2D eigenvalue weighted by atomic mass is 127. The lowest BCUT2D eigenvalue weighted by Gasteiger charge is -2.22. The summed E-state index contributed by atoms with van der Waals surface area (Å²) in [5.41, 5.74) is 0.954. The Morgan fingerprint density at radius 3 is 2.31 bits per heavy atom. The van der Waals surface area contributed by atoms with Gasteiger partial charge < -0.3 is 15.0 Å². The van der Waals surface area contributed by atoms with E-state index in [1.807, 2.05) is 11.9 Å². The number of hydrogen-bond acceptors (Lipinski definition) is 4. The van der Waals surface area contributed by atoms with Crippen molar-refractivity contribution in [3.63, 3.8) is 0 Å². The lowest BCUT2D eigenvalue weighted by molar-refractivity contribution is 0.0652. The molecule has 1 heterocycles. The molecule has 0 radical (unpaired) electrons. The largest absolute Gasteiger partial charge is 0.489 e. The van der Waals surface area contributed by atoms with Gasteiger partial charge in [0.15, 0.2) is 17.5 Å². The monoisotopic (exact) mass is 554 g/mol. The van der Waals surface area contributed by atoms with Gasteiger partial charge in [0.1, 0.15) is 6.61 Å². The number of guanidine groups is 1. The van der Waals surface area contributed by atoms with Crippen molar-refractivity contribution in [2.45, 2.75) is 12.8 Å². The second-order valence-electron chi connectivity index (χ2n) is 7.19. The molecule has 2 amide bonds. The van der Waals surface area contributed by atoms with Crippen LogP contribution in [0.15, 0.2) is 53.5 Å². The van der Waals surface area contributed by atoms with Crippen LogP contribution in [0.25, 0.3) is 0 Å². The van der Waals surface area contributed by atoms with Gasteiger partial charge in [0.2, 0.25) is 0 Å². The molecule has 0 saturated carbocycles. The van der Waals surface area contributed by atoms with Crippen LogP contribution in [0.3, 0.4) is 0 Å². The van der Waals surface area contributed by atoms with E-state index in [-0.39, 0.29) is 47.4 Å². The Kier molecular flexibility index (Phi) is 9.89. The number of carbonyl (C=O) groups is 2. The summed E-state index contributed by atoms with van der Waals surface area (Å²) in [6.07, 6.45) is 1.46. The van der Waals surface area contributed by atoms with Crippen molar-refractivity contribution in [1.29, 1.82) is 0 Å². The van der Waals surface area contributed by atoms with Crippen LogP contribution in [0.4, 0.5) is 4.39 Å². The topological polar surface area (TPSA) is 74.2 Å². The maximum absolute atomic E-state index is 13.6. The van der Waals surface area contributed by atoms with Gasteiger partial charge in [-0.2, -0.15) is 0 Å². The first-order chi connectivity index (χ1) is 15.0. The molecule has 0 bridgehead atoms. The predicted octanol–water partition coefficient (Wildman–Crippen LogP) is 3.41. The zero-order valence-electron chi connectivity index (χ0n) is 18.2. The number of imide groups is 1. The van der Waals surface area contributed by atoms with Gasteiger partial charge >= 0.3 is 0 Å². The maximum Gasteiger partial charge on any atom is 0.261 e. The highest BCUT2D eigenvalue weighted by Gasteiger charge is 2.34. The minimum absolute atomic E-state index is 0. The van der Waals surface area contributed by atoms with Crippen LogP contribution in [0.2, 0.25) is 0 Å². The average molecular weight is 554 g/mol. The summed E-state index contributed by atoms with van der Waals surface area (Å²) in [7, 11) is 3.56. The fourth-order valence-electron chi connectivity index (χ4n) is 3.38. The normalized spacial score (nSPS) is 13.0. The number of ether oxygens (including phenoxy) is 1. The molecule has 1 aliphatic rings. The van der Waals surface area contributed by atoms with Crippen molar-refractivity contribution in [2.24, 2.45) is 4.99 Å². The van der Waals surface area contributed by atoms with Gasteiger partial charge in [-0.15, -0.1) is 24.0 Å². The van der Waals surface area contributed by atoms with Crippen LogP contribution >= 0.6 is 24.0 Å². The second kappa shape index (κ2) is 12.4. The van der Waals surface area contributed by atoms with E-state index in [0.717, 1.165) is 6.42 Å². The number of amides is 2. The van der Waals surface area contributed by atoms with Crippen molar-refractivity contribution in [1.82, 2.24) is 15.1 Å². The average Bonchev–Trinajstić information content (AvgIpc) is 3.02. The van der Waals surface area contributed by atoms with E-state index in [4.69, 9.17) is 4.74 Å². The van der Waals surface area contributed by atoms with Crippen molar-refractivity contribution in [3.8, 4) is 5.75 Å². The highest BCUT2D eigenvalue weighted by Crippen LogP contribution is 2.22. The van der Waals surface area contributed by atoms with Gasteiger partial charge in [0.25, 0.3) is 11.8 Å². The number of aliphatic imine (C=N–C) groups is 1. The van der Waals surface area contributed by atoms with Gasteiger partial charge in [-0.3, -0.25) is 19.5 Å². The van der Waals surface area contributed by atoms with Gasteiger partial charge in [-0.05, 0) is 37.1 Å². The fourth-order valence-corrected chi connectivity index (χ4v) is 3.38. The minimum atomic E-state index is -0.384. The molecule has 7 nitrogen and oxygen atoms in total. The van der Waals surface area contributed by atoms with E-state index >= 15 is 0 Å². The van der Waals surface area contributed by atoms with E-state index < -0.39 is 0 Å². The maximum atomic E-state index is 13.6. The summed E-state index contributed by atoms with van der Waals surface area (Å²) in [5.74, 6) is 0.0912. The standard InChI is InChI=1S/C23H27FN4O3.HI/c1-25-23(27(2)15-16-31-20-12-6-5-11-19(20)24)26-13-7-8-14-28-21(29)17-9-3-4-10-18(17)22(28)30;/h3-6,9-12H,7-8,13-16H2,1-2H3,(H,25,26);1H. The molecule has 2 aromatic carbocycles. The number of likely N-dealkylation sites (N-methyl/N-ethyl adjacent to an activating group) is 1.